The van der Waals surface area contributed by atoms with Gasteiger partial charge in [0.1, 0.15) is 6.54 Å². The summed E-state index contributed by atoms with van der Waals surface area (Å²) in [6, 6.07) is 20.4. The Labute approximate surface area is 229 Å². The maximum Gasteiger partial charge on any atom is 0.254 e. The molecule has 0 aliphatic carbocycles. The number of aryl methyl sites for hydroxylation is 1. The number of benzene rings is 2. The van der Waals surface area contributed by atoms with Crippen molar-refractivity contribution in [1.29, 1.82) is 0 Å². The molecule has 204 valence electrons. The van der Waals surface area contributed by atoms with Crippen LogP contribution in [0.3, 0.4) is 0 Å². The minimum Gasteiger partial charge on any atom is -0.345 e. The number of carbonyl (C=O) groups excluding carboxylic acids is 2. The number of amides is 2. The van der Waals surface area contributed by atoms with Gasteiger partial charge < -0.3 is 14.4 Å². The van der Waals surface area contributed by atoms with Crippen LogP contribution in [0.25, 0.3) is 0 Å². The molecule has 5 heteroatoms. The second-order valence-electron chi connectivity index (χ2n) is 11.6. The quantitative estimate of drug-likeness (QED) is 0.281. The van der Waals surface area contributed by atoms with E-state index in [9.17, 15) is 9.59 Å². The molecule has 2 aromatic carbocycles. The topological polar surface area (TPSA) is 45.6 Å². The van der Waals surface area contributed by atoms with Crippen molar-refractivity contribution in [1.82, 2.24) is 14.4 Å². The summed E-state index contributed by atoms with van der Waals surface area (Å²) in [5.41, 5.74) is 5.39. The van der Waals surface area contributed by atoms with E-state index >= 15 is 0 Å². The summed E-state index contributed by atoms with van der Waals surface area (Å²) < 4.78 is 2.21. The summed E-state index contributed by atoms with van der Waals surface area (Å²) in [7, 11) is 0. The zero-order valence-corrected chi connectivity index (χ0v) is 24.3. The molecule has 0 atom stereocenters. The van der Waals surface area contributed by atoms with E-state index in [1.54, 1.807) is 4.90 Å². The van der Waals surface area contributed by atoms with Crippen LogP contribution in [0.2, 0.25) is 0 Å². The van der Waals surface area contributed by atoms with E-state index < -0.39 is 0 Å². The zero-order valence-electron chi connectivity index (χ0n) is 24.3. The summed E-state index contributed by atoms with van der Waals surface area (Å²) in [6.45, 7) is 16.7. The van der Waals surface area contributed by atoms with Crippen LogP contribution in [-0.4, -0.2) is 45.3 Å². The lowest BCUT2D eigenvalue weighted by atomic mass is 9.86. The van der Waals surface area contributed by atoms with Gasteiger partial charge in [0.25, 0.3) is 5.91 Å². The lowest BCUT2D eigenvalue weighted by molar-refractivity contribution is -0.133. The van der Waals surface area contributed by atoms with E-state index in [1.165, 1.54) is 16.7 Å². The molecule has 0 saturated heterocycles. The Balaban J connectivity index is 1.76. The van der Waals surface area contributed by atoms with Crippen LogP contribution >= 0.6 is 0 Å². The van der Waals surface area contributed by atoms with E-state index in [0.717, 1.165) is 25.1 Å². The summed E-state index contributed by atoms with van der Waals surface area (Å²) >= 11 is 0. The molecule has 3 aromatic rings. The molecule has 38 heavy (non-hydrogen) atoms. The van der Waals surface area contributed by atoms with Gasteiger partial charge in [0.2, 0.25) is 5.91 Å². The summed E-state index contributed by atoms with van der Waals surface area (Å²) in [5, 5.41) is 0. The fraction of sp³-hybridized carbons (Fsp3) is 0.455. The average Bonchev–Trinajstić information content (AvgIpc) is 3.30. The second-order valence-corrected chi connectivity index (χ2v) is 11.6. The molecular weight excluding hydrogens is 470 g/mol. The number of nitrogens with zero attached hydrogens (tertiary/aromatic N) is 3. The predicted octanol–water partition coefficient (Wildman–Crippen LogP) is 6.82. The van der Waals surface area contributed by atoms with E-state index in [4.69, 9.17) is 0 Å². The van der Waals surface area contributed by atoms with Gasteiger partial charge in [-0.25, -0.2) is 0 Å². The first kappa shape index (κ1) is 29.2. The number of rotatable bonds is 11. The second kappa shape index (κ2) is 12.9. The molecule has 1 heterocycles. The van der Waals surface area contributed by atoms with Crippen molar-refractivity contribution in [2.75, 3.05) is 13.1 Å². The number of hydrogen-bond acceptors (Lipinski definition) is 2. The summed E-state index contributed by atoms with van der Waals surface area (Å²) in [6.07, 6.45) is 4.00. The zero-order chi connectivity index (χ0) is 27.9. The van der Waals surface area contributed by atoms with Crippen LogP contribution in [0, 0.1) is 6.92 Å². The minimum absolute atomic E-state index is 0.0184. The third-order valence-corrected chi connectivity index (χ3v) is 7.03. The molecule has 0 bridgehead atoms. The Morgan fingerprint density at radius 2 is 1.68 bits per heavy atom. The minimum atomic E-state index is -0.105. The number of aromatic nitrogens is 1. The Morgan fingerprint density at radius 1 is 0.974 bits per heavy atom. The number of hydrogen-bond donors (Lipinski definition) is 0. The highest BCUT2D eigenvalue weighted by Crippen LogP contribution is 2.23. The highest BCUT2D eigenvalue weighted by molar-refractivity contribution is 5.96. The highest BCUT2D eigenvalue weighted by atomic mass is 16.2. The third-order valence-electron chi connectivity index (χ3n) is 7.03. The van der Waals surface area contributed by atoms with Gasteiger partial charge in [-0.15, -0.1) is 0 Å². The summed E-state index contributed by atoms with van der Waals surface area (Å²) in [4.78, 5) is 30.7. The Bertz CT molecular complexity index is 1200. The van der Waals surface area contributed by atoms with Crippen LogP contribution in [0.5, 0.6) is 0 Å². The molecule has 5 nitrogen and oxygen atoms in total. The maximum absolute atomic E-state index is 13.6. The van der Waals surface area contributed by atoms with E-state index in [2.05, 4.69) is 75.7 Å². The van der Waals surface area contributed by atoms with Crippen molar-refractivity contribution in [3.8, 4) is 0 Å². The number of unbranched alkanes of at least 4 members (excludes halogenated alkanes) is 1. The average molecular weight is 516 g/mol. The lowest BCUT2D eigenvalue weighted by Gasteiger charge is -2.30. The van der Waals surface area contributed by atoms with Crippen molar-refractivity contribution < 1.29 is 9.59 Å². The van der Waals surface area contributed by atoms with Gasteiger partial charge in [-0.05, 0) is 68.0 Å². The van der Waals surface area contributed by atoms with Gasteiger partial charge in [0, 0.05) is 36.6 Å². The van der Waals surface area contributed by atoms with Crippen molar-refractivity contribution in [2.45, 2.75) is 85.9 Å². The molecule has 0 fully saturated rings. The van der Waals surface area contributed by atoms with Gasteiger partial charge >= 0.3 is 0 Å². The molecule has 3 rings (SSSR count). The van der Waals surface area contributed by atoms with Gasteiger partial charge in [-0.3, -0.25) is 9.59 Å². The molecule has 0 aliphatic heterocycles. The molecule has 0 spiro atoms. The van der Waals surface area contributed by atoms with Gasteiger partial charge in [-0.1, -0.05) is 76.1 Å². The smallest absolute Gasteiger partial charge is 0.254 e. The maximum atomic E-state index is 13.6. The van der Waals surface area contributed by atoms with E-state index in [1.807, 2.05) is 49.1 Å². The van der Waals surface area contributed by atoms with Crippen molar-refractivity contribution in [3.05, 3.63) is 94.8 Å². The van der Waals surface area contributed by atoms with E-state index in [-0.39, 0.29) is 29.8 Å². The first-order valence-electron chi connectivity index (χ1n) is 13.9. The van der Waals surface area contributed by atoms with Gasteiger partial charge in [0.05, 0.1) is 6.54 Å². The Morgan fingerprint density at radius 3 is 2.29 bits per heavy atom. The fourth-order valence-corrected chi connectivity index (χ4v) is 4.60. The monoisotopic (exact) mass is 515 g/mol. The standard InChI is InChI=1S/C33H45N3O2/c1-8-9-19-35(23-30-14-11-20-34(30)22-27-13-10-12-26(4)21-27)31(37)24-36(25(2)3)32(38)28-15-17-29(18-16-28)33(5,6)7/h10-18,20-21,25H,8-9,19,22-24H2,1-7H3. The predicted molar refractivity (Wildman–Crippen MR) is 156 cm³/mol. The molecule has 0 saturated carbocycles. The molecule has 0 N–H and O–H groups in total. The van der Waals surface area contributed by atoms with Crippen LogP contribution in [0.4, 0.5) is 0 Å². The SMILES string of the molecule is CCCCN(Cc1cccn1Cc1cccc(C)c1)C(=O)CN(C(=O)c1ccc(C(C)(C)C)cc1)C(C)C. The molecule has 0 unspecified atom stereocenters. The molecular formula is C33H45N3O2. The highest BCUT2D eigenvalue weighted by Gasteiger charge is 2.25. The molecule has 0 aliphatic rings. The molecule has 0 radical (unpaired) electrons. The van der Waals surface area contributed by atoms with Crippen LogP contribution in [0.1, 0.15) is 87.1 Å². The van der Waals surface area contributed by atoms with Crippen LogP contribution in [-0.2, 0) is 23.3 Å². The van der Waals surface area contributed by atoms with Gasteiger partial charge in [0.15, 0.2) is 0 Å². The first-order chi connectivity index (χ1) is 18.0. The van der Waals surface area contributed by atoms with Crippen LogP contribution in [0.15, 0.2) is 66.9 Å². The molecule has 2 amide bonds. The van der Waals surface area contributed by atoms with Crippen LogP contribution < -0.4 is 0 Å². The normalized spacial score (nSPS) is 11.6. The Hall–Kier alpha value is -3.34. The first-order valence-corrected chi connectivity index (χ1v) is 13.9. The largest absolute Gasteiger partial charge is 0.345 e. The third kappa shape index (κ3) is 7.83. The fourth-order valence-electron chi connectivity index (χ4n) is 4.60. The Kier molecular flexibility index (Phi) is 9.96. The van der Waals surface area contributed by atoms with Gasteiger partial charge in [-0.2, -0.15) is 0 Å². The van der Waals surface area contributed by atoms with Crippen molar-refractivity contribution in [2.24, 2.45) is 0 Å². The van der Waals surface area contributed by atoms with Crippen molar-refractivity contribution in [3.63, 3.8) is 0 Å². The van der Waals surface area contributed by atoms with E-state index in [0.29, 0.717) is 18.7 Å². The molecule has 1 aromatic heterocycles. The van der Waals surface area contributed by atoms with Crippen molar-refractivity contribution >= 4 is 11.8 Å². The number of carbonyl (C=O) groups is 2. The summed E-state index contributed by atoms with van der Waals surface area (Å²) in [5.74, 6) is -0.123. The lowest BCUT2D eigenvalue weighted by Crippen LogP contribution is -2.46.